The van der Waals surface area contributed by atoms with Gasteiger partial charge in [0, 0.05) is 18.0 Å². The molecule has 0 fully saturated rings. The minimum absolute atomic E-state index is 0.320. The molecule has 3 nitrogen and oxygen atoms in total. The summed E-state index contributed by atoms with van der Waals surface area (Å²) >= 11 is 0. The number of fused-ring (bicyclic) bond motifs is 1. The van der Waals surface area contributed by atoms with Gasteiger partial charge in [0.1, 0.15) is 11.5 Å². The summed E-state index contributed by atoms with van der Waals surface area (Å²) in [5.74, 6) is 1.32. The fraction of sp³-hybridized carbons (Fsp3) is 0.294. The Hall–Kier alpha value is -2.00. The number of aromatic hydroxyl groups is 1. The first-order valence-corrected chi connectivity index (χ1v) is 7.06. The monoisotopic (exact) mass is 269 g/mol. The Morgan fingerprint density at radius 2 is 1.90 bits per heavy atom. The van der Waals surface area contributed by atoms with Crippen molar-refractivity contribution in [1.82, 2.24) is 5.32 Å². The van der Waals surface area contributed by atoms with Gasteiger partial charge >= 0.3 is 0 Å². The van der Waals surface area contributed by atoms with Crippen LogP contribution in [0.5, 0.6) is 11.5 Å². The Kier molecular flexibility index (Phi) is 3.88. The maximum absolute atomic E-state index is 9.27. The zero-order chi connectivity index (χ0) is 13.8. The summed E-state index contributed by atoms with van der Waals surface area (Å²) in [5, 5.41) is 12.9. The molecule has 1 heterocycles. The predicted octanol–water partition coefficient (Wildman–Crippen LogP) is 3.05. The second-order valence-electron chi connectivity index (χ2n) is 5.10. The highest BCUT2D eigenvalue weighted by Gasteiger charge is 2.19. The lowest BCUT2D eigenvalue weighted by Crippen LogP contribution is -2.28. The highest BCUT2D eigenvalue weighted by molar-refractivity contribution is 5.37. The van der Waals surface area contributed by atoms with E-state index in [2.05, 4.69) is 17.4 Å². The molecule has 20 heavy (non-hydrogen) atoms. The fourth-order valence-electron chi connectivity index (χ4n) is 2.61. The van der Waals surface area contributed by atoms with Crippen LogP contribution < -0.4 is 10.1 Å². The van der Waals surface area contributed by atoms with E-state index in [4.69, 9.17) is 4.74 Å². The van der Waals surface area contributed by atoms with Gasteiger partial charge in [0.15, 0.2) is 0 Å². The van der Waals surface area contributed by atoms with Gasteiger partial charge < -0.3 is 15.2 Å². The number of hydrogen-bond acceptors (Lipinski definition) is 3. The van der Waals surface area contributed by atoms with Gasteiger partial charge in [-0.2, -0.15) is 0 Å². The number of rotatable bonds is 4. The molecule has 104 valence electrons. The van der Waals surface area contributed by atoms with Gasteiger partial charge in [-0.05, 0) is 36.7 Å². The number of phenolic OH excluding ortho intramolecular Hbond substituents is 1. The standard InChI is InChI=1S/C17H19NO2/c19-14-7-5-13(6-8-14)9-11-18-16-10-12-20-17-4-2-1-3-15(16)17/h1-8,16,18-19H,9-12H2. The van der Waals surface area contributed by atoms with E-state index < -0.39 is 0 Å². The normalized spacial score (nSPS) is 17.3. The van der Waals surface area contributed by atoms with E-state index in [1.165, 1.54) is 11.1 Å². The maximum atomic E-state index is 9.27. The molecule has 1 atom stereocenters. The van der Waals surface area contributed by atoms with Crippen molar-refractivity contribution in [2.24, 2.45) is 0 Å². The number of nitrogens with one attached hydrogen (secondary N) is 1. The first-order chi connectivity index (χ1) is 9.83. The molecule has 2 aromatic rings. The Balaban J connectivity index is 1.58. The van der Waals surface area contributed by atoms with Gasteiger partial charge in [0.25, 0.3) is 0 Å². The van der Waals surface area contributed by atoms with Crippen molar-refractivity contribution in [3.05, 3.63) is 59.7 Å². The van der Waals surface area contributed by atoms with Crippen LogP contribution in [-0.4, -0.2) is 18.3 Å². The lowest BCUT2D eigenvalue weighted by molar-refractivity contribution is 0.253. The van der Waals surface area contributed by atoms with Crippen LogP contribution in [0.4, 0.5) is 0 Å². The molecule has 3 rings (SSSR count). The third-order valence-electron chi connectivity index (χ3n) is 3.70. The summed E-state index contributed by atoms with van der Waals surface area (Å²) in [7, 11) is 0. The SMILES string of the molecule is Oc1ccc(CCNC2CCOc3ccccc32)cc1. The van der Waals surface area contributed by atoms with Gasteiger partial charge in [0.05, 0.1) is 6.61 Å². The molecule has 0 saturated carbocycles. The van der Waals surface area contributed by atoms with E-state index in [0.29, 0.717) is 11.8 Å². The smallest absolute Gasteiger partial charge is 0.124 e. The number of hydrogen-bond donors (Lipinski definition) is 2. The molecule has 1 unspecified atom stereocenters. The molecular weight excluding hydrogens is 250 g/mol. The Morgan fingerprint density at radius 1 is 1.10 bits per heavy atom. The van der Waals surface area contributed by atoms with Gasteiger partial charge in [-0.25, -0.2) is 0 Å². The molecule has 0 aromatic heterocycles. The van der Waals surface area contributed by atoms with E-state index in [-0.39, 0.29) is 0 Å². The van der Waals surface area contributed by atoms with Crippen molar-refractivity contribution in [3.63, 3.8) is 0 Å². The number of para-hydroxylation sites is 1. The van der Waals surface area contributed by atoms with E-state index >= 15 is 0 Å². The van der Waals surface area contributed by atoms with Gasteiger partial charge in [-0.1, -0.05) is 30.3 Å². The Bertz CT molecular complexity index is 565. The summed E-state index contributed by atoms with van der Waals surface area (Å²) in [6.07, 6.45) is 1.96. The van der Waals surface area contributed by atoms with E-state index in [9.17, 15) is 5.11 Å². The Labute approximate surface area is 119 Å². The van der Waals surface area contributed by atoms with Crippen LogP contribution in [0.3, 0.4) is 0 Å². The molecule has 1 aliphatic rings. The molecule has 2 aromatic carbocycles. The molecule has 2 N–H and O–H groups in total. The second kappa shape index (κ2) is 5.97. The van der Waals surface area contributed by atoms with Crippen LogP contribution >= 0.6 is 0 Å². The lowest BCUT2D eigenvalue weighted by atomic mass is 10.0. The minimum Gasteiger partial charge on any atom is -0.508 e. The molecule has 0 bridgehead atoms. The summed E-state index contributed by atoms with van der Waals surface area (Å²) in [4.78, 5) is 0. The lowest BCUT2D eigenvalue weighted by Gasteiger charge is -2.26. The quantitative estimate of drug-likeness (QED) is 0.896. The van der Waals surface area contributed by atoms with Crippen LogP contribution in [0.25, 0.3) is 0 Å². The molecule has 0 spiro atoms. The van der Waals surface area contributed by atoms with Crippen molar-refractivity contribution < 1.29 is 9.84 Å². The number of ether oxygens (including phenoxy) is 1. The topological polar surface area (TPSA) is 41.5 Å². The average molecular weight is 269 g/mol. The van der Waals surface area contributed by atoms with Crippen molar-refractivity contribution in [2.45, 2.75) is 18.9 Å². The molecule has 0 saturated heterocycles. The molecule has 1 aliphatic heterocycles. The minimum atomic E-state index is 0.320. The zero-order valence-corrected chi connectivity index (χ0v) is 11.4. The van der Waals surface area contributed by atoms with Gasteiger partial charge in [-0.3, -0.25) is 0 Å². The molecule has 0 aliphatic carbocycles. The van der Waals surface area contributed by atoms with Gasteiger partial charge in [0.2, 0.25) is 0 Å². The third kappa shape index (κ3) is 2.94. The van der Waals surface area contributed by atoms with E-state index in [0.717, 1.165) is 31.7 Å². The van der Waals surface area contributed by atoms with Crippen LogP contribution in [-0.2, 0) is 6.42 Å². The summed E-state index contributed by atoms with van der Waals surface area (Å²) < 4.78 is 5.66. The first-order valence-electron chi connectivity index (χ1n) is 7.06. The van der Waals surface area contributed by atoms with Crippen LogP contribution in [0.1, 0.15) is 23.6 Å². The highest BCUT2D eigenvalue weighted by atomic mass is 16.5. The number of benzene rings is 2. The summed E-state index contributed by atoms with van der Waals surface area (Å²) in [6.45, 7) is 1.69. The van der Waals surface area contributed by atoms with Crippen molar-refractivity contribution in [2.75, 3.05) is 13.2 Å². The fourth-order valence-corrected chi connectivity index (χ4v) is 2.61. The van der Waals surface area contributed by atoms with E-state index in [1.807, 2.05) is 24.3 Å². The van der Waals surface area contributed by atoms with Crippen molar-refractivity contribution in [1.29, 1.82) is 0 Å². The largest absolute Gasteiger partial charge is 0.508 e. The molecular formula is C17H19NO2. The molecule has 0 radical (unpaired) electrons. The predicted molar refractivity (Wildman–Crippen MR) is 79.1 cm³/mol. The van der Waals surface area contributed by atoms with Gasteiger partial charge in [-0.15, -0.1) is 0 Å². The third-order valence-corrected chi connectivity index (χ3v) is 3.70. The molecule has 3 heteroatoms. The maximum Gasteiger partial charge on any atom is 0.124 e. The van der Waals surface area contributed by atoms with E-state index in [1.54, 1.807) is 12.1 Å². The zero-order valence-electron chi connectivity index (χ0n) is 11.4. The first kappa shape index (κ1) is 13.0. The van der Waals surface area contributed by atoms with Crippen LogP contribution in [0.2, 0.25) is 0 Å². The van der Waals surface area contributed by atoms with Crippen LogP contribution in [0, 0.1) is 0 Å². The van der Waals surface area contributed by atoms with Crippen molar-refractivity contribution in [3.8, 4) is 11.5 Å². The Morgan fingerprint density at radius 3 is 2.75 bits per heavy atom. The summed E-state index contributed by atoms with van der Waals surface area (Å²) in [6, 6.07) is 16.0. The average Bonchev–Trinajstić information content (AvgIpc) is 2.49. The van der Waals surface area contributed by atoms with Crippen LogP contribution in [0.15, 0.2) is 48.5 Å². The second-order valence-corrected chi connectivity index (χ2v) is 5.10. The van der Waals surface area contributed by atoms with Crippen molar-refractivity contribution >= 4 is 0 Å². The number of phenols is 1. The summed E-state index contributed by atoms with van der Waals surface area (Å²) in [5.41, 5.74) is 2.49. The highest BCUT2D eigenvalue weighted by Crippen LogP contribution is 2.31. The molecule has 0 amide bonds.